The molecule has 108 valence electrons. The van der Waals surface area contributed by atoms with Gasteiger partial charge in [-0.3, -0.25) is 4.68 Å². The highest BCUT2D eigenvalue weighted by molar-refractivity contribution is 9.10. The molecule has 2 heterocycles. The number of hydrogen-bond donors (Lipinski definition) is 0. The zero-order valence-electron chi connectivity index (χ0n) is 11.7. The van der Waals surface area contributed by atoms with Gasteiger partial charge in [0.15, 0.2) is 0 Å². The second-order valence-electron chi connectivity index (χ2n) is 5.76. The van der Waals surface area contributed by atoms with Crippen LogP contribution < -0.4 is 0 Å². The van der Waals surface area contributed by atoms with Crippen LogP contribution in [0.3, 0.4) is 0 Å². The summed E-state index contributed by atoms with van der Waals surface area (Å²) in [4.78, 5) is 11.8. The highest BCUT2D eigenvalue weighted by atomic mass is 79.9. The Balaban J connectivity index is 1.96. The first-order valence-electron chi connectivity index (χ1n) is 6.27. The van der Waals surface area contributed by atoms with Gasteiger partial charge in [0, 0.05) is 6.20 Å². The van der Waals surface area contributed by atoms with Gasteiger partial charge in [0.05, 0.1) is 23.8 Å². The lowest BCUT2D eigenvalue weighted by atomic mass is 9.99. The zero-order chi connectivity index (χ0) is 14.8. The molecule has 0 unspecified atom stereocenters. The Labute approximate surface area is 126 Å². The van der Waals surface area contributed by atoms with E-state index in [1.807, 2.05) is 27.0 Å². The first-order valence-corrected chi connectivity index (χ1v) is 7.06. The Morgan fingerprint density at radius 2 is 2.20 bits per heavy atom. The van der Waals surface area contributed by atoms with Crippen molar-refractivity contribution in [3.63, 3.8) is 0 Å². The SMILES string of the molecule is CC(C)(C)COC(=O)c1ccc(Cn2cc(Br)cn2)o1. The number of rotatable bonds is 4. The summed E-state index contributed by atoms with van der Waals surface area (Å²) in [5, 5.41) is 4.13. The Kier molecular flexibility index (Phi) is 4.32. The zero-order valence-corrected chi connectivity index (χ0v) is 13.3. The van der Waals surface area contributed by atoms with Crippen LogP contribution in [0.5, 0.6) is 0 Å². The van der Waals surface area contributed by atoms with Crippen molar-refractivity contribution < 1.29 is 13.9 Å². The first-order chi connectivity index (χ1) is 9.33. The van der Waals surface area contributed by atoms with Gasteiger partial charge in [-0.25, -0.2) is 4.79 Å². The number of esters is 1. The molecule has 0 aliphatic heterocycles. The molecule has 0 saturated carbocycles. The van der Waals surface area contributed by atoms with E-state index in [1.165, 1.54) is 0 Å². The van der Waals surface area contributed by atoms with E-state index in [2.05, 4.69) is 21.0 Å². The minimum absolute atomic E-state index is 0.0631. The summed E-state index contributed by atoms with van der Waals surface area (Å²) in [5.41, 5.74) is -0.0631. The van der Waals surface area contributed by atoms with Gasteiger partial charge in [-0.1, -0.05) is 20.8 Å². The first kappa shape index (κ1) is 14.8. The molecular weight excluding hydrogens is 324 g/mol. The Morgan fingerprint density at radius 1 is 1.45 bits per heavy atom. The average Bonchev–Trinajstić information content (AvgIpc) is 2.95. The van der Waals surface area contributed by atoms with Crippen LogP contribution in [0.25, 0.3) is 0 Å². The molecule has 0 aliphatic rings. The molecule has 2 rings (SSSR count). The van der Waals surface area contributed by atoms with Gasteiger partial charge in [-0.15, -0.1) is 0 Å². The third-order valence-corrected chi connectivity index (χ3v) is 2.83. The summed E-state index contributed by atoms with van der Waals surface area (Å²) in [6, 6.07) is 3.38. The van der Waals surface area contributed by atoms with Gasteiger partial charge < -0.3 is 9.15 Å². The molecule has 0 N–H and O–H groups in total. The van der Waals surface area contributed by atoms with Crippen molar-refractivity contribution in [2.24, 2.45) is 5.41 Å². The van der Waals surface area contributed by atoms with Crippen molar-refractivity contribution in [1.82, 2.24) is 9.78 Å². The van der Waals surface area contributed by atoms with Crippen molar-refractivity contribution in [3.8, 4) is 0 Å². The highest BCUT2D eigenvalue weighted by Gasteiger charge is 2.17. The number of carbonyl (C=O) groups is 1. The van der Waals surface area contributed by atoms with E-state index in [0.717, 1.165) is 4.47 Å². The standard InChI is InChI=1S/C14H17BrN2O3/c1-14(2,3)9-19-13(18)12-5-4-11(20-12)8-17-7-10(15)6-16-17/h4-7H,8-9H2,1-3H3. The van der Waals surface area contributed by atoms with E-state index in [9.17, 15) is 4.79 Å². The number of hydrogen-bond acceptors (Lipinski definition) is 4. The predicted molar refractivity (Wildman–Crippen MR) is 77.5 cm³/mol. The minimum Gasteiger partial charge on any atom is -0.459 e. The van der Waals surface area contributed by atoms with Gasteiger partial charge in [0.1, 0.15) is 5.76 Å². The van der Waals surface area contributed by atoms with Gasteiger partial charge in [0.2, 0.25) is 5.76 Å². The van der Waals surface area contributed by atoms with Crippen LogP contribution in [0.2, 0.25) is 0 Å². The van der Waals surface area contributed by atoms with E-state index in [4.69, 9.17) is 9.15 Å². The fraction of sp³-hybridized carbons (Fsp3) is 0.429. The molecule has 0 saturated heterocycles. The van der Waals surface area contributed by atoms with Crippen molar-refractivity contribution in [3.05, 3.63) is 40.5 Å². The van der Waals surface area contributed by atoms with E-state index >= 15 is 0 Å². The lowest BCUT2D eigenvalue weighted by Gasteiger charge is -2.17. The molecule has 0 bridgehead atoms. The van der Waals surface area contributed by atoms with Crippen LogP contribution in [0.4, 0.5) is 0 Å². The van der Waals surface area contributed by atoms with E-state index < -0.39 is 5.97 Å². The number of aromatic nitrogens is 2. The van der Waals surface area contributed by atoms with Gasteiger partial charge >= 0.3 is 5.97 Å². The minimum atomic E-state index is -0.437. The number of nitrogens with zero attached hydrogens (tertiary/aromatic N) is 2. The van der Waals surface area contributed by atoms with E-state index in [-0.39, 0.29) is 11.2 Å². The topological polar surface area (TPSA) is 57.3 Å². The summed E-state index contributed by atoms with van der Waals surface area (Å²) in [5.74, 6) is 0.437. The van der Waals surface area contributed by atoms with Crippen LogP contribution in [-0.4, -0.2) is 22.4 Å². The molecule has 0 fully saturated rings. The van der Waals surface area contributed by atoms with Gasteiger partial charge in [0.25, 0.3) is 0 Å². The largest absolute Gasteiger partial charge is 0.459 e. The lowest BCUT2D eigenvalue weighted by Crippen LogP contribution is -2.18. The Morgan fingerprint density at radius 3 is 2.80 bits per heavy atom. The fourth-order valence-electron chi connectivity index (χ4n) is 1.51. The van der Waals surface area contributed by atoms with E-state index in [1.54, 1.807) is 23.0 Å². The molecule has 0 amide bonds. The lowest BCUT2D eigenvalue weighted by molar-refractivity contribution is 0.0330. The molecule has 0 radical (unpaired) electrons. The molecule has 0 aromatic carbocycles. The van der Waals surface area contributed by atoms with Gasteiger partial charge in [-0.05, 0) is 33.5 Å². The molecule has 0 aliphatic carbocycles. The molecular formula is C14H17BrN2O3. The second kappa shape index (κ2) is 5.83. The highest BCUT2D eigenvalue weighted by Crippen LogP contribution is 2.16. The van der Waals surface area contributed by atoms with Crippen molar-refractivity contribution in [1.29, 1.82) is 0 Å². The Bertz CT molecular complexity index is 596. The second-order valence-corrected chi connectivity index (χ2v) is 6.67. The summed E-state index contributed by atoms with van der Waals surface area (Å²) in [6.07, 6.45) is 3.53. The van der Waals surface area contributed by atoms with Crippen LogP contribution in [0.15, 0.2) is 33.4 Å². The van der Waals surface area contributed by atoms with Crippen LogP contribution in [0, 0.1) is 5.41 Å². The molecule has 5 nitrogen and oxygen atoms in total. The number of furan rings is 1. The Hall–Kier alpha value is -1.56. The van der Waals surface area contributed by atoms with Crippen LogP contribution in [-0.2, 0) is 11.3 Å². The normalized spacial score (nSPS) is 11.6. The van der Waals surface area contributed by atoms with Crippen LogP contribution >= 0.6 is 15.9 Å². The summed E-state index contributed by atoms with van der Waals surface area (Å²) >= 11 is 3.32. The average molecular weight is 341 g/mol. The summed E-state index contributed by atoms with van der Waals surface area (Å²) in [6.45, 7) is 6.84. The maximum absolute atomic E-state index is 11.8. The summed E-state index contributed by atoms with van der Waals surface area (Å²) in [7, 11) is 0. The molecule has 0 spiro atoms. The molecule has 20 heavy (non-hydrogen) atoms. The fourth-order valence-corrected chi connectivity index (χ4v) is 1.84. The number of halogens is 1. The van der Waals surface area contributed by atoms with Crippen molar-refractivity contribution in [2.45, 2.75) is 27.3 Å². The monoisotopic (exact) mass is 340 g/mol. The molecule has 0 atom stereocenters. The third-order valence-electron chi connectivity index (χ3n) is 2.42. The van der Waals surface area contributed by atoms with Crippen molar-refractivity contribution in [2.75, 3.05) is 6.61 Å². The van der Waals surface area contributed by atoms with Gasteiger partial charge in [-0.2, -0.15) is 5.10 Å². The molecule has 6 heteroatoms. The summed E-state index contributed by atoms with van der Waals surface area (Å²) < 4.78 is 13.3. The number of ether oxygens (including phenoxy) is 1. The van der Waals surface area contributed by atoms with E-state index in [0.29, 0.717) is 18.9 Å². The maximum Gasteiger partial charge on any atom is 0.374 e. The number of carbonyl (C=O) groups excluding carboxylic acids is 1. The third kappa shape index (κ3) is 4.23. The smallest absolute Gasteiger partial charge is 0.374 e. The molecule has 2 aromatic heterocycles. The maximum atomic E-state index is 11.8. The van der Waals surface area contributed by atoms with Crippen LogP contribution in [0.1, 0.15) is 37.1 Å². The van der Waals surface area contributed by atoms with Crippen molar-refractivity contribution >= 4 is 21.9 Å². The molecule has 2 aromatic rings. The predicted octanol–water partition coefficient (Wildman–Crippen LogP) is 3.49. The quantitative estimate of drug-likeness (QED) is 0.799.